The van der Waals surface area contributed by atoms with Gasteiger partial charge in [0.15, 0.2) is 0 Å². The van der Waals surface area contributed by atoms with E-state index in [-0.39, 0.29) is 51.4 Å². The maximum Gasteiger partial charge on any atom is 0.243 e. The van der Waals surface area contributed by atoms with E-state index in [1.54, 1.807) is 97.1 Å². The van der Waals surface area contributed by atoms with Crippen LogP contribution in [0.15, 0.2) is 121 Å². The van der Waals surface area contributed by atoms with Crippen LogP contribution in [0.1, 0.15) is 99.3 Å². The van der Waals surface area contributed by atoms with Crippen molar-refractivity contribution < 1.29 is 38.4 Å². The molecule has 1 aliphatic heterocycles. The Morgan fingerprint density at radius 1 is 0.237 bits per heavy atom. The van der Waals surface area contributed by atoms with E-state index in [9.17, 15) is 38.4 Å². The summed E-state index contributed by atoms with van der Waals surface area (Å²) in [5, 5.41) is 23.0. The van der Waals surface area contributed by atoms with Crippen molar-refractivity contribution in [2.75, 3.05) is 26.2 Å². The lowest BCUT2D eigenvalue weighted by atomic mass is 10.00. The summed E-state index contributed by atoms with van der Waals surface area (Å²) in [4.78, 5) is 118. The monoisotopic (exact) mass is 1100 g/mol. The molecule has 0 aliphatic carbocycles. The molecule has 1 aliphatic rings. The third-order valence-corrected chi connectivity index (χ3v) is 14.0. The van der Waals surface area contributed by atoms with Crippen molar-refractivity contribution in [1.29, 1.82) is 0 Å². The summed E-state index contributed by atoms with van der Waals surface area (Å²) in [6.07, 6.45) is 4.03. The lowest BCUT2D eigenvalue weighted by Gasteiger charge is -2.29. The SMILES string of the molecule is NCCCC[C@@H]1NC(=O)[C@H](Cc2ccccc2)NC(=O)[C@H](CCCCN)NC(=O)[C@H](Cc2ccccc2)NC(=O)[C@H](CCCCN)NC(=O)[C@H](Cc2ccccc2)NC(=O)[C@H](CCCCN)NC(=O)[C@H](Cc2ccccc2)NC1=O. The number of hydrogen-bond donors (Lipinski definition) is 12. The van der Waals surface area contributed by atoms with Gasteiger partial charge in [0.2, 0.25) is 47.3 Å². The zero-order valence-electron chi connectivity index (χ0n) is 45.9. The largest absolute Gasteiger partial charge is 0.343 e. The fourth-order valence-corrected chi connectivity index (χ4v) is 9.46. The molecule has 8 amide bonds. The second-order valence-electron chi connectivity index (χ2n) is 20.4. The molecule has 0 bridgehead atoms. The summed E-state index contributed by atoms with van der Waals surface area (Å²) in [7, 11) is 0. The number of carbonyl (C=O) groups excluding carboxylic acids is 8. The van der Waals surface area contributed by atoms with Gasteiger partial charge in [0.05, 0.1) is 0 Å². The lowest BCUT2D eigenvalue weighted by Crippen LogP contribution is -2.62. The Morgan fingerprint density at radius 3 is 0.575 bits per heavy atom. The van der Waals surface area contributed by atoms with Crippen LogP contribution in [0, 0.1) is 0 Å². The van der Waals surface area contributed by atoms with Crippen molar-refractivity contribution in [2.24, 2.45) is 22.9 Å². The minimum absolute atomic E-state index is 0.0121. The average Bonchev–Trinajstić information content (AvgIpc) is 3.47. The van der Waals surface area contributed by atoms with E-state index in [1.165, 1.54) is 0 Å². The van der Waals surface area contributed by atoms with E-state index in [1.807, 2.05) is 24.3 Å². The van der Waals surface area contributed by atoms with Gasteiger partial charge in [-0.05, 0) is 125 Å². The van der Waals surface area contributed by atoms with Gasteiger partial charge in [0.25, 0.3) is 0 Å². The number of amides is 8. The Hall–Kier alpha value is -7.52. The van der Waals surface area contributed by atoms with Crippen LogP contribution in [0.2, 0.25) is 0 Å². The Morgan fingerprint density at radius 2 is 0.400 bits per heavy atom. The Bertz CT molecular complexity index is 2200. The number of carbonyl (C=O) groups is 8. The standard InChI is InChI=1S/C60H84N12O8/c61-33-17-13-29-45-53(73)69-49(37-41-21-5-1-6-22-41)57(77)65-46(30-14-18-34-62)54(74)70-51(39-43-25-9-3-10-26-43)59(79)67-48(32-16-20-36-64)56(76)72-52(40-44-27-11-4-12-28-44)60(80)68-47(31-15-19-35-63)55(75)71-50(58(78)66-45)38-42-23-7-2-8-24-42/h1-12,21-28,45-52H,13-20,29-40,61-64H2,(H,65,77)(H,66,78)(H,67,79)(H,68,80)(H,69,73)(H,70,74)(H,71,75)(H,72,76)/t45-,46-,47-,48-,49-,50-,51-,52-/m0/s1. The molecule has 0 spiro atoms. The Labute approximate surface area is 470 Å². The first-order chi connectivity index (χ1) is 38.8. The molecule has 1 saturated heterocycles. The van der Waals surface area contributed by atoms with E-state index >= 15 is 0 Å². The highest BCUT2D eigenvalue weighted by Gasteiger charge is 2.36. The predicted octanol–water partition coefficient (Wildman–Crippen LogP) is 1.37. The van der Waals surface area contributed by atoms with Gasteiger partial charge in [-0.15, -0.1) is 0 Å². The van der Waals surface area contributed by atoms with Gasteiger partial charge >= 0.3 is 0 Å². The van der Waals surface area contributed by atoms with Crippen LogP contribution in [-0.4, -0.2) is 122 Å². The maximum atomic E-state index is 14.8. The molecule has 0 radical (unpaired) electrons. The van der Waals surface area contributed by atoms with Gasteiger partial charge in [0, 0.05) is 25.7 Å². The molecular weight excluding hydrogens is 1020 g/mol. The van der Waals surface area contributed by atoms with Crippen molar-refractivity contribution in [2.45, 2.75) is 151 Å². The highest BCUT2D eigenvalue weighted by molar-refractivity contribution is 5.99. The van der Waals surface area contributed by atoms with Crippen molar-refractivity contribution in [3.05, 3.63) is 144 Å². The van der Waals surface area contributed by atoms with Gasteiger partial charge in [-0.1, -0.05) is 121 Å². The first-order valence-corrected chi connectivity index (χ1v) is 28.2. The quantitative estimate of drug-likeness (QED) is 0.0443. The molecule has 20 heteroatoms. The second kappa shape index (κ2) is 35.2. The van der Waals surface area contributed by atoms with E-state index in [4.69, 9.17) is 22.9 Å². The summed E-state index contributed by atoms with van der Waals surface area (Å²) < 4.78 is 0. The number of benzene rings is 4. The Kier molecular flexibility index (Phi) is 27.8. The summed E-state index contributed by atoms with van der Waals surface area (Å²) in [5.74, 6) is -5.64. The van der Waals surface area contributed by atoms with Crippen molar-refractivity contribution in [3.63, 3.8) is 0 Å². The Balaban J connectivity index is 1.64. The molecule has 0 saturated carbocycles. The average molecular weight is 1100 g/mol. The fourth-order valence-electron chi connectivity index (χ4n) is 9.46. The highest BCUT2D eigenvalue weighted by Crippen LogP contribution is 2.14. The van der Waals surface area contributed by atoms with Crippen molar-refractivity contribution in [3.8, 4) is 0 Å². The summed E-state index contributed by atoms with van der Waals surface area (Å²) in [5.41, 5.74) is 26.3. The van der Waals surface area contributed by atoms with Gasteiger partial charge in [-0.2, -0.15) is 0 Å². The lowest BCUT2D eigenvalue weighted by molar-refractivity contribution is -0.136. The third-order valence-electron chi connectivity index (χ3n) is 14.0. The highest BCUT2D eigenvalue weighted by atomic mass is 16.2. The van der Waals surface area contributed by atoms with Gasteiger partial charge < -0.3 is 65.5 Å². The molecule has 1 heterocycles. The molecule has 8 atom stereocenters. The third kappa shape index (κ3) is 22.0. The van der Waals surface area contributed by atoms with Crippen LogP contribution in [-0.2, 0) is 64.0 Å². The first kappa shape index (κ1) is 63.3. The topological polar surface area (TPSA) is 337 Å². The fraction of sp³-hybridized carbons (Fsp3) is 0.467. The molecule has 20 nitrogen and oxygen atoms in total. The van der Waals surface area contributed by atoms with Crippen molar-refractivity contribution >= 4 is 47.3 Å². The van der Waals surface area contributed by atoms with Crippen LogP contribution in [0.3, 0.4) is 0 Å². The molecule has 5 rings (SSSR count). The zero-order valence-corrected chi connectivity index (χ0v) is 45.9. The zero-order chi connectivity index (χ0) is 57.5. The molecule has 4 aromatic rings. The van der Waals surface area contributed by atoms with Crippen LogP contribution in [0.5, 0.6) is 0 Å². The minimum atomic E-state index is -1.28. The van der Waals surface area contributed by atoms with Gasteiger partial charge in [0.1, 0.15) is 48.3 Å². The van der Waals surface area contributed by atoms with Crippen LogP contribution < -0.4 is 65.5 Å². The first-order valence-electron chi connectivity index (χ1n) is 28.2. The number of unbranched alkanes of at least 4 members (excludes halogenated alkanes) is 4. The van der Waals surface area contributed by atoms with E-state index in [0.717, 1.165) is 0 Å². The van der Waals surface area contributed by atoms with Gasteiger partial charge in [-0.25, -0.2) is 0 Å². The van der Waals surface area contributed by atoms with Crippen LogP contribution >= 0.6 is 0 Å². The molecule has 432 valence electrons. The predicted molar refractivity (Wildman–Crippen MR) is 308 cm³/mol. The van der Waals surface area contributed by atoms with Gasteiger partial charge in [-0.3, -0.25) is 38.4 Å². The summed E-state index contributed by atoms with van der Waals surface area (Å²) in [6.45, 7) is 1.21. The summed E-state index contributed by atoms with van der Waals surface area (Å²) in [6, 6.07) is 25.8. The normalized spacial score (nSPS) is 22.2. The van der Waals surface area contributed by atoms with Crippen molar-refractivity contribution in [1.82, 2.24) is 42.5 Å². The molecule has 16 N–H and O–H groups in total. The number of nitrogens with two attached hydrogens (primary N) is 4. The molecule has 0 unspecified atom stereocenters. The number of nitrogens with one attached hydrogen (secondary N) is 8. The molecule has 1 fully saturated rings. The van der Waals surface area contributed by atoms with E-state index in [2.05, 4.69) is 42.5 Å². The summed E-state index contributed by atoms with van der Waals surface area (Å²) >= 11 is 0. The molecular formula is C60H84N12O8. The molecule has 0 aromatic heterocycles. The smallest absolute Gasteiger partial charge is 0.243 e. The number of rotatable bonds is 24. The van der Waals surface area contributed by atoms with E-state index in [0.29, 0.717) is 99.8 Å². The molecule has 4 aromatic carbocycles. The second-order valence-corrected chi connectivity index (χ2v) is 20.4. The minimum Gasteiger partial charge on any atom is -0.343 e. The number of hydrogen-bond acceptors (Lipinski definition) is 12. The van der Waals surface area contributed by atoms with Crippen LogP contribution in [0.4, 0.5) is 0 Å². The van der Waals surface area contributed by atoms with E-state index < -0.39 is 95.6 Å². The van der Waals surface area contributed by atoms with Crippen LogP contribution in [0.25, 0.3) is 0 Å². The maximum absolute atomic E-state index is 14.8. The molecule has 80 heavy (non-hydrogen) atoms.